The number of hydrogen-bond acceptors (Lipinski definition) is 4. The third kappa shape index (κ3) is 3.55. The van der Waals surface area contributed by atoms with E-state index in [1.165, 1.54) is 11.0 Å². The van der Waals surface area contributed by atoms with Crippen molar-refractivity contribution in [3.63, 3.8) is 0 Å². The first kappa shape index (κ1) is 20.4. The molecule has 160 valence electrons. The molecule has 0 saturated carbocycles. The molecule has 0 aliphatic carbocycles. The highest BCUT2D eigenvalue weighted by Crippen LogP contribution is 2.38. The number of piperidine rings is 1. The summed E-state index contributed by atoms with van der Waals surface area (Å²) in [6.45, 7) is 0.784. The van der Waals surface area contributed by atoms with Crippen molar-refractivity contribution in [1.29, 1.82) is 0 Å². The molecule has 0 aromatic carbocycles. The molecule has 1 fully saturated rings. The Balaban J connectivity index is 1.88. The summed E-state index contributed by atoms with van der Waals surface area (Å²) < 4.78 is 80.7. The highest BCUT2D eigenvalue weighted by Gasteiger charge is 2.39. The molecule has 1 aliphatic rings. The van der Waals surface area contributed by atoms with Crippen LogP contribution in [0.5, 0.6) is 0 Å². The zero-order valence-electron chi connectivity index (χ0n) is 15.3. The molecule has 3 aromatic heterocycles. The topological polar surface area (TPSA) is 76.5 Å². The summed E-state index contributed by atoms with van der Waals surface area (Å²) in [6, 6.07) is 2.16. The van der Waals surface area contributed by atoms with E-state index in [1.807, 2.05) is 0 Å². The summed E-state index contributed by atoms with van der Waals surface area (Å²) >= 11 is 0. The van der Waals surface area contributed by atoms with Gasteiger partial charge in [0.05, 0.1) is 5.56 Å². The van der Waals surface area contributed by atoms with Crippen LogP contribution in [-0.4, -0.2) is 44.3 Å². The number of carbonyl (C=O) groups is 1. The van der Waals surface area contributed by atoms with Crippen LogP contribution in [0.15, 0.2) is 24.4 Å². The fraction of sp³-hybridized carbons (Fsp3) is 0.389. The Labute approximate surface area is 165 Å². The van der Waals surface area contributed by atoms with Crippen molar-refractivity contribution < 1.29 is 31.1 Å². The first-order valence-electron chi connectivity index (χ1n) is 8.97. The molecular weight excluding hydrogens is 416 g/mol. The van der Waals surface area contributed by atoms with Gasteiger partial charge in [-0.3, -0.25) is 9.20 Å². The molecular formula is C18H15F6N5O. The summed E-state index contributed by atoms with van der Waals surface area (Å²) in [6.07, 6.45) is -7.81. The lowest BCUT2D eigenvalue weighted by Gasteiger charge is -2.29. The number of rotatable bonds is 1. The molecule has 12 heteroatoms. The van der Waals surface area contributed by atoms with Gasteiger partial charge >= 0.3 is 12.4 Å². The number of likely N-dealkylation sites (tertiary alicyclic amines) is 1. The first-order chi connectivity index (χ1) is 13.9. The molecule has 1 aliphatic heterocycles. The van der Waals surface area contributed by atoms with Crippen LogP contribution in [0, 0.1) is 0 Å². The van der Waals surface area contributed by atoms with Gasteiger partial charge in [0.1, 0.15) is 22.7 Å². The van der Waals surface area contributed by atoms with Crippen molar-refractivity contribution in [3.05, 3.63) is 41.3 Å². The van der Waals surface area contributed by atoms with Crippen molar-refractivity contribution in [2.75, 3.05) is 13.1 Å². The van der Waals surface area contributed by atoms with Crippen LogP contribution in [0.3, 0.4) is 0 Å². The second kappa shape index (κ2) is 6.83. The maximum atomic E-state index is 13.4. The standard InChI is InChI=1S/C18H15F6N5O/c19-17(20,21)11-7-13(18(22,23)24)27-15-10(11)1-2-14-26-12(8-29(14)15)16(30)28-5-3-9(25)4-6-28/h1-2,7-9H,3-6,25H2. The molecule has 0 spiro atoms. The molecule has 3 aromatic rings. The Bertz CT molecular complexity index is 1130. The van der Waals surface area contributed by atoms with Crippen molar-refractivity contribution in [2.45, 2.75) is 31.2 Å². The normalized spacial score (nSPS) is 16.6. The van der Waals surface area contributed by atoms with E-state index in [0.29, 0.717) is 25.9 Å². The largest absolute Gasteiger partial charge is 0.433 e. The quantitative estimate of drug-likeness (QED) is 0.599. The van der Waals surface area contributed by atoms with Crippen LogP contribution >= 0.6 is 0 Å². The first-order valence-corrected chi connectivity index (χ1v) is 8.97. The van der Waals surface area contributed by atoms with E-state index < -0.39 is 40.6 Å². The fourth-order valence-corrected chi connectivity index (χ4v) is 3.48. The van der Waals surface area contributed by atoms with Gasteiger partial charge in [-0.2, -0.15) is 26.3 Å². The third-order valence-electron chi connectivity index (χ3n) is 5.04. The molecule has 4 rings (SSSR count). The number of amides is 1. The van der Waals surface area contributed by atoms with E-state index in [1.54, 1.807) is 0 Å². The lowest BCUT2D eigenvalue weighted by molar-refractivity contribution is -0.144. The number of nitrogens with zero attached hydrogens (tertiary/aromatic N) is 4. The SMILES string of the molecule is NC1CCN(C(=O)c2cn3c(ccc4c(C(F)(F)F)cc(C(F)(F)F)nc43)n2)CC1. The number of alkyl halides is 6. The summed E-state index contributed by atoms with van der Waals surface area (Å²) in [4.78, 5) is 21.7. The van der Waals surface area contributed by atoms with Gasteiger partial charge in [-0.15, -0.1) is 0 Å². The van der Waals surface area contributed by atoms with Crippen LogP contribution < -0.4 is 5.73 Å². The number of nitrogens with two attached hydrogens (primary N) is 1. The van der Waals surface area contributed by atoms with Gasteiger partial charge in [-0.05, 0) is 31.0 Å². The number of imidazole rings is 1. The molecule has 30 heavy (non-hydrogen) atoms. The maximum Gasteiger partial charge on any atom is 0.433 e. The smallest absolute Gasteiger partial charge is 0.337 e. The molecule has 0 unspecified atom stereocenters. The van der Waals surface area contributed by atoms with Gasteiger partial charge in [0.15, 0.2) is 0 Å². The lowest BCUT2D eigenvalue weighted by atomic mass is 10.1. The lowest BCUT2D eigenvalue weighted by Crippen LogP contribution is -2.42. The van der Waals surface area contributed by atoms with Crippen LogP contribution in [-0.2, 0) is 12.4 Å². The van der Waals surface area contributed by atoms with Crippen molar-refractivity contribution in [3.8, 4) is 0 Å². The number of carbonyl (C=O) groups excluding carboxylic acids is 1. The van der Waals surface area contributed by atoms with Gasteiger partial charge in [0.2, 0.25) is 0 Å². The van der Waals surface area contributed by atoms with Crippen molar-refractivity contribution in [1.82, 2.24) is 19.3 Å². The Morgan fingerprint density at radius 1 is 1.03 bits per heavy atom. The van der Waals surface area contributed by atoms with Gasteiger partial charge < -0.3 is 10.6 Å². The molecule has 4 heterocycles. The number of hydrogen-bond donors (Lipinski definition) is 1. The minimum Gasteiger partial charge on any atom is -0.337 e. The van der Waals surface area contributed by atoms with E-state index >= 15 is 0 Å². The number of fused-ring (bicyclic) bond motifs is 3. The average molecular weight is 431 g/mol. The predicted octanol–water partition coefficient (Wildman–Crippen LogP) is 3.48. The average Bonchev–Trinajstić information content (AvgIpc) is 3.10. The number of halogens is 6. The fourth-order valence-electron chi connectivity index (χ4n) is 3.48. The minimum absolute atomic E-state index is 0.0134. The van der Waals surface area contributed by atoms with Gasteiger partial charge in [-0.25, -0.2) is 9.97 Å². The van der Waals surface area contributed by atoms with Gasteiger partial charge in [0.25, 0.3) is 5.91 Å². The van der Waals surface area contributed by atoms with Crippen LogP contribution in [0.25, 0.3) is 16.7 Å². The zero-order valence-corrected chi connectivity index (χ0v) is 15.3. The summed E-state index contributed by atoms with van der Waals surface area (Å²) in [5, 5.41) is -0.525. The Hall–Kier alpha value is -2.89. The number of aromatic nitrogens is 3. The molecule has 2 N–H and O–H groups in total. The summed E-state index contributed by atoms with van der Waals surface area (Å²) in [5.41, 5.74) is 2.00. The summed E-state index contributed by atoms with van der Waals surface area (Å²) in [7, 11) is 0. The zero-order chi connectivity index (χ0) is 21.8. The van der Waals surface area contributed by atoms with Gasteiger partial charge in [-0.1, -0.05) is 0 Å². The third-order valence-corrected chi connectivity index (χ3v) is 5.04. The monoisotopic (exact) mass is 431 g/mol. The van der Waals surface area contributed by atoms with Gasteiger partial charge in [0, 0.05) is 30.7 Å². The molecule has 1 amide bonds. The van der Waals surface area contributed by atoms with Crippen LogP contribution in [0.4, 0.5) is 26.3 Å². The molecule has 0 atom stereocenters. The van der Waals surface area contributed by atoms with E-state index in [4.69, 9.17) is 5.73 Å². The Kier molecular flexibility index (Phi) is 4.64. The molecule has 6 nitrogen and oxygen atoms in total. The second-order valence-electron chi connectivity index (χ2n) is 7.11. The van der Waals surface area contributed by atoms with E-state index in [2.05, 4.69) is 9.97 Å². The van der Waals surface area contributed by atoms with Crippen molar-refractivity contribution >= 4 is 22.6 Å². The highest BCUT2D eigenvalue weighted by atomic mass is 19.4. The Morgan fingerprint density at radius 2 is 1.70 bits per heavy atom. The van der Waals surface area contributed by atoms with E-state index in [9.17, 15) is 31.1 Å². The van der Waals surface area contributed by atoms with E-state index in [0.717, 1.165) is 16.7 Å². The minimum atomic E-state index is -5.08. The molecule has 1 saturated heterocycles. The predicted molar refractivity (Wildman–Crippen MR) is 93.6 cm³/mol. The summed E-state index contributed by atoms with van der Waals surface area (Å²) in [5.74, 6) is -0.471. The molecule has 0 radical (unpaired) electrons. The second-order valence-corrected chi connectivity index (χ2v) is 7.11. The van der Waals surface area contributed by atoms with E-state index in [-0.39, 0.29) is 23.4 Å². The molecule has 0 bridgehead atoms. The maximum absolute atomic E-state index is 13.4. The van der Waals surface area contributed by atoms with Crippen LogP contribution in [0.2, 0.25) is 0 Å². The Morgan fingerprint density at radius 3 is 2.30 bits per heavy atom. The highest BCUT2D eigenvalue weighted by molar-refractivity contribution is 5.94. The van der Waals surface area contributed by atoms with Crippen molar-refractivity contribution in [2.24, 2.45) is 5.73 Å². The number of pyridine rings is 2. The van der Waals surface area contributed by atoms with Crippen LogP contribution in [0.1, 0.15) is 34.6 Å².